The summed E-state index contributed by atoms with van der Waals surface area (Å²) in [6.07, 6.45) is 0. The maximum atomic E-state index is 13.8. The molecule has 206 valence electrons. The van der Waals surface area contributed by atoms with E-state index in [0.29, 0.717) is 43.4 Å². The van der Waals surface area contributed by atoms with Gasteiger partial charge in [-0.25, -0.2) is 4.68 Å². The first-order valence-electron chi connectivity index (χ1n) is 12.9. The van der Waals surface area contributed by atoms with Crippen LogP contribution in [0.5, 0.6) is 5.75 Å². The van der Waals surface area contributed by atoms with Crippen LogP contribution in [0.1, 0.15) is 21.0 Å². The SMILES string of the molecule is COc1ccc(-n2nc(C(=O)N3CCOCC3)c(=NC(=O)c3nnn(-c4ccccc4)c3-c3ccccc3)s2)cc1. The highest BCUT2D eigenvalue weighted by Crippen LogP contribution is 2.26. The van der Waals surface area contributed by atoms with Crippen molar-refractivity contribution < 1.29 is 19.1 Å². The Morgan fingerprint density at radius 3 is 2.24 bits per heavy atom. The van der Waals surface area contributed by atoms with E-state index in [1.54, 1.807) is 32.9 Å². The van der Waals surface area contributed by atoms with Gasteiger partial charge >= 0.3 is 5.91 Å². The lowest BCUT2D eigenvalue weighted by atomic mass is 10.1. The number of hydrogen-bond donors (Lipinski definition) is 0. The Morgan fingerprint density at radius 1 is 0.878 bits per heavy atom. The van der Waals surface area contributed by atoms with Crippen LogP contribution in [0.25, 0.3) is 22.6 Å². The molecule has 2 aromatic heterocycles. The molecule has 6 rings (SSSR count). The van der Waals surface area contributed by atoms with Gasteiger partial charge in [0.2, 0.25) is 0 Å². The van der Waals surface area contributed by atoms with Crippen LogP contribution in [-0.2, 0) is 4.74 Å². The minimum absolute atomic E-state index is 0.0641. The molecule has 0 radical (unpaired) electrons. The number of carbonyl (C=O) groups is 2. The Morgan fingerprint density at radius 2 is 1.56 bits per heavy atom. The summed E-state index contributed by atoms with van der Waals surface area (Å²) in [4.78, 5) is 33.3. The van der Waals surface area contributed by atoms with Gasteiger partial charge in [0.1, 0.15) is 11.4 Å². The zero-order chi connectivity index (χ0) is 28.2. The number of benzene rings is 3. The molecule has 0 aliphatic carbocycles. The number of ether oxygens (including phenoxy) is 2. The molecule has 0 saturated carbocycles. The number of nitrogens with zero attached hydrogens (tertiary/aromatic N) is 7. The molecule has 5 aromatic rings. The molecule has 12 heteroatoms. The van der Waals surface area contributed by atoms with E-state index in [2.05, 4.69) is 20.4 Å². The first kappa shape index (κ1) is 26.3. The maximum Gasteiger partial charge on any atom is 0.301 e. The third-order valence-corrected chi connectivity index (χ3v) is 7.41. The van der Waals surface area contributed by atoms with Crippen LogP contribution in [0.15, 0.2) is 89.9 Å². The average molecular weight is 568 g/mol. The van der Waals surface area contributed by atoms with Crippen LogP contribution in [0.3, 0.4) is 0 Å². The molecule has 0 bridgehead atoms. The average Bonchev–Trinajstić information content (AvgIpc) is 3.67. The molecular formula is C29H25N7O4S. The van der Waals surface area contributed by atoms with Crippen molar-refractivity contribution >= 4 is 23.3 Å². The lowest BCUT2D eigenvalue weighted by Gasteiger charge is -2.25. The van der Waals surface area contributed by atoms with Gasteiger partial charge in [-0.15, -0.1) is 10.2 Å². The highest BCUT2D eigenvalue weighted by molar-refractivity contribution is 7.04. The highest BCUT2D eigenvalue weighted by atomic mass is 32.1. The first-order valence-corrected chi connectivity index (χ1v) is 13.7. The van der Waals surface area contributed by atoms with Crippen LogP contribution in [0, 0.1) is 0 Å². The summed E-state index contributed by atoms with van der Waals surface area (Å²) >= 11 is 1.09. The number of rotatable bonds is 6. The smallest absolute Gasteiger partial charge is 0.301 e. The van der Waals surface area contributed by atoms with E-state index in [1.165, 1.54) is 0 Å². The summed E-state index contributed by atoms with van der Waals surface area (Å²) in [6, 6.07) is 26.1. The van der Waals surface area contributed by atoms with E-state index in [4.69, 9.17) is 9.47 Å². The summed E-state index contributed by atoms with van der Waals surface area (Å²) in [5, 5.41) is 13.1. The third kappa shape index (κ3) is 5.42. The Balaban J connectivity index is 1.46. The summed E-state index contributed by atoms with van der Waals surface area (Å²) in [7, 11) is 1.59. The largest absolute Gasteiger partial charge is 0.497 e. The minimum Gasteiger partial charge on any atom is -0.497 e. The second-order valence-corrected chi connectivity index (χ2v) is 9.95. The van der Waals surface area contributed by atoms with E-state index < -0.39 is 5.91 Å². The van der Waals surface area contributed by atoms with Crippen molar-refractivity contribution in [3.8, 4) is 28.4 Å². The lowest BCUT2D eigenvalue weighted by Crippen LogP contribution is -2.42. The van der Waals surface area contributed by atoms with Crippen LogP contribution >= 0.6 is 11.5 Å². The summed E-state index contributed by atoms with van der Waals surface area (Å²) in [5.74, 6) is -0.266. The van der Waals surface area contributed by atoms with Gasteiger partial charge in [0.25, 0.3) is 5.91 Å². The Kier molecular flexibility index (Phi) is 7.48. The molecule has 2 amide bonds. The monoisotopic (exact) mass is 567 g/mol. The third-order valence-electron chi connectivity index (χ3n) is 6.48. The molecular weight excluding hydrogens is 542 g/mol. The molecule has 1 saturated heterocycles. The van der Waals surface area contributed by atoms with E-state index in [-0.39, 0.29) is 22.0 Å². The number of amides is 2. The molecule has 0 atom stereocenters. The molecule has 3 aromatic carbocycles. The fourth-order valence-corrected chi connectivity index (χ4v) is 5.25. The van der Waals surface area contributed by atoms with Crippen molar-refractivity contribution in [2.24, 2.45) is 4.99 Å². The van der Waals surface area contributed by atoms with Gasteiger partial charge in [0.05, 0.1) is 31.7 Å². The molecule has 0 N–H and O–H groups in total. The van der Waals surface area contributed by atoms with Crippen LogP contribution in [0.2, 0.25) is 0 Å². The zero-order valence-electron chi connectivity index (χ0n) is 22.1. The van der Waals surface area contributed by atoms with Gasteiger partial charge < -0.3 is 14.4 Å². The lowest BCUT2D eigenvalue weighted by molar-refractivity contribution is 0.0297. The van der Waals surface area contributed by atoms with Crippen molar-refractivity contribution in [1.82, 2.24) is 29.1 Å². The van der Waals surface area contributed by atoms with Gasteiger partial charge in [0.15, 0.2) is 16.1 Å². The fourth-order valence-electron chi connectivity index (χ4n) is 4.40. The number of aromatic nitrogens is 5. The van der Waals surface area contributed by atoms with Crippen molar-refractivity contribution in [3.63, 3.8) is 0 Å². The van der Waals surface area contributed by atoms with Crippen molar-refractivity contribution in [2.45, 2.75) is 0 Å². The maximum absolute atomic E-state index is 13.8. The van der Waals surface area contributed by atoms with Crippen LogP contribution < -0.4 is 9.41 Å². The summed E-state index contributed by atoms with van der Waals surface area (Å²) in [5.41, 5.74) is 2.84. The van der Waals surface area contributed by atoms with E-state index >= 15 is 0 Å². The summed E-state index contributed by atoms with van der Waals surface area (Å²) < 4.78 is 14.0. The zero-order valence-corrected chi connectivity index (χ0v) is 22.9. The first-order chi connectivity index (χ1) is 20.1. The Labute approximate surface area is 239 Å². The summed E-state index contributed by atoms with van der Waals surface area (Å²) in [6.45, 7) is 1.72. The van der Waals surface area contributed by atoms with Gasteiger partial charge in [-0.1, -0.05) is 53.7 Å². The van der Waals surface area contributed by atoms with Gasteiger partial charge in [-0.05, 0) is 47.9 Å². The normalized spacial score (nSPS) is 13.8. The highest BCUT2D eigenvalue weighted by Gasteiger charge is 2.26. The van der Waals surface area contributed by atoms with E-state index in [1.807, 2.05) is 72.8 Å². The Bertz CT molecular complexity index is 1740. The Hall–Kier alpha value is -4.94. The molecule has 1 aliphatic rings. The minimum atomic E-state index is -0.632. The molecule has 41 heavy (non-hydrogen) atoms. The molecule has 0 unspecified atom stereocenters. The topological polar surface area (TPSA) is 117 Å². The second-order valence-electron chi connectivity index (χ2n) is 9.04. The van der Waals surface area contributed by atoms with Crippen LogP contribution in [-0.4, -0.2) is 74.3 Å². The predicted octanol–water partition coefficient (Wildman–Crippen LogP) is 3.40. The van der Waals surface area contributed by atoms with Crippen LogP contribution in [0.4, 0.5) is 0 Å². The molecule has 3 heterocycles. The standard InChI is InChI=1S/C29H25N7O4S/c1-39-23-14-12-22(13-15-23)36-32-25(29(38)34-16-18-40-19-17-34)28(41-36)30-27(37)24-26(20-8-4-2-5-9-20)35(33-31-24)21-10-6-3-7-11-21/h2-15H,16-19H2,1H3. The van der Waals surface area contributed by atoms with Gasteiger partial charge in [-0.3, -0.25) is 9.59 Å². The fraction of sp³-hybridized carbons (Fsp3) is 0.172. The van der Waals surface area contributed by atoms with Gasteiger partial charge in [-0.2, -0.15) is 9.06 Å². The number of morpholine rings is 1. The number of hydrogen-bond acceptors (Lipinski definition) is 8. The van der Waals surface area contributed by atoms with Gasteiger partial charge in [0, 0.05) is 18.7 Å². The molecule has 0 spiro atoms. The van der Waals surface area contributed by atoms with Crippen molar-refractivity contribution in [2.75, 3.05) is 33.4 Å². The van der Waals surface area contributed by atoms with Crippen molar-refractivity contribution in [1.29, 1.82) is 0 Å². The predicted molar refractivity (Wildman–Crippen MR) is 151 cm³/mol. The quantitative estimate of drug-likeness (QED) is 0.309. The number of para-hydroxylation sites is 1. The molecule has 1 aliphatic heterocycles. The van der Waals surface area contributed by atoms with E-state index in [9.17, 15) is 9.59 Å². The number of carbonyl (C=O) groups excluding carboxylic acids is 2. The molecule has 11 nitrogen and oxygen atoms in total. The second kappa shape index (κ2) is 11.7. The van der Waals surface area contributed by atoms with E-state index in [0.717, 1.165) is 22.8 Å². The number of methoxy groups -OCH3 is 1. The molecule has 1 fully saturated rings. The van der Waals surface area contributed by atoms with Crippen molar-refractivity contribution in [3.05, 3.63) is 101 Å².